The first kappa shape index (κ1) is 15.7. The Labute approximate surface area is 135 Å². The molecule has 0 amide bonds. The van der Waals surface area contributed by atoms with Crippen LogP contribution in [0, 0.1) is 12.7 Å². The molecule has 0 aliphatic rings. The number of aromatic nitrogens is 2. The molecule has 120 valence electrons. The van der Waals surface area contributed by atoms with Crippen molar-refractivity contribution in [1.82, 2.24) is 9.55 Å². The summed E-state index contributed by atoms with van der Waals surface area (Å²) in [4.78, 5) is 4.44. The van der Waals surface area contributed by atoms with Crippen LogP contribution < -0.4 is 0 Å². The Hall–Kier alpha value is -2.20. The Balaban J connectivity index is 1.78. The molecule has 0 unspecified atom stereocenters. The van der Waals surface area contributed by atoms with Crippen molar-refractivity contribution in [2.24, 2.45) is 0 Å². The summed E-state index contributed by atoms with van der Waals surface area (Å²) in [6.07, 6.45) is 0.931. The molecule has 0 saturated carbocycles. The minimum Gasteiger partial charge on any atom is -0.381 e. The highest BCUT2D eigenvalue weighted by atomic mass is 19.1. The van der Waals surface area contributed by atoms with Gasteiger partial charge in [-0.25, -0.2) is 9.37 Å². The smallest absolute Gasteiger partial charge is 0.125 e. The van der Waals surface area contributed by atoms with E-state index in [2.05, 4.69) is 33.8 Å². The molecule has 2 aromatic carbocycles. The van der Waals surface area contributed by atoms with Crippen molar-refractivity contribution >= 4 is 11.0 Å². The normalized spacial score (nSPS) is 11.3. The largest absolute Gasteiger partial charge is 0.381 e. The first-order chi connectivity index (χ1) is 11.2. The van der Waals surface area contributed by atoms with Gasteiger partial charge in [-0.3, -0.25) is 0 Å². The number of hydrogen-bond acceptors (Lipinski definition) is 2. The van der Waals surface area contributed by atoms with Gasteiger partial charge < -0.3 is 9.30 Å². The molecule has 3 nitrogen and oxygen atoms in total. The summed E-state index contributed by atoms with van der Waals surface area (Å²) >= 11 is 0. The van der Waals surface area contributed by atoms with Crippen molar-refractivity contribution in [2.45, 2.75) is 26.8 Å². The molecule has 0 N–H and O–H groups in total. The lowest BCUT2D eigenvalue weighted by Gasteiger charge is -2.08. The van der Waals surface area contributed by atoms with E-state index in [1.165, 1.54) is 23.3 Å². The third kappa shape index (κ3) is 3.59. The summed E-state index contributed by atoms with van der Waals surface area (Å²) < 4.78 is 20.8. The highest BCUT2D eigenvalue weighted by Crippen LogP contribution is 2.19. The van der Waals surface area contributed by atoms with E-state index in [1.54, 1.807) is 6.07 Å². The van der Waals surface area contributed by atoms with E-state index in [9.17, 15) is 4.39 Å². The van der Waals surface area contributed by atoms with Crippen molar-refractivity contribution in [3.63, 3.8) is 0 Å². The van der Waals surface area contributed by atoms with Gasteiger partial charge in [-0.15, -0.1) is 0 Å². The van der Waals surface area contributed by atoms with Gasteiger partial charge in [-0.05, 0) is 43.5 Å². The zero-order chi connectivity index (χ0) is 16.2. The number of rotatable bonds is 6. The SMILES string of the molecule is CCOCCc1ccc(Cn2c(C)nc3cc(F)ccc32)cc1. The maximum absolute atomic E-state index is 13.3. The van der Waals surface area contributed by atoms with E-state index in [0.29, 0.717) is 5.52 Å². The quantitative estimate of drug-likeness (QED) is 0.640. The second-order valence-electron chi connectivity index (χ2n) is 5.64. The minimum atomic E-state index is -0.249. The van der Waals surface area contributed by atoms with E-state index in [-0.39, 0.29) is 5.82 Å². The molecule has 23 heavy (non-hydrogen) atoms. The zero-order valence-electron chi connectivity index (χ0n) is 13.6. The summed E-state index contributed by atoms with van der Waals surface area (Å²) in [5.41, 5.74) is 4.15. The summed E-state index contributed by atoms with van der Waals surface area (Å²) in [5.74, 6) is 0.645. The van der Waals surface area contributed by atoms with E-state index >= 15 is 0 Å². The molecular weight excluding hydrogens is 291 g/mol. The third-order valence-corrected chi connectivity index (χ3v) is 4.00. The topological polar surface area (TPSA) is 27.1 Å². The van der Waals surface area contributed by atoms with Gasteiger partial charge in [-0.2, -0.15) is 0 Å². The van der Waals surface area contributed by atoms with Gasteiger partial charge in [-0.1, -0.05) is 24.3 Å². The number of aryl methyl sites for hydroxylation is 1. The van der Waals surface area contributed by atoms with Crippen LogP contribution >= 0.6 is 0 Å². The molecule has 0 aliphatic carbocycles. The molecule has 3 rings (SSSR count). The lowest BCUT2D eigenvalue weighted by atomic mass is 10.1. The van der Waals surface area contributed by atoms with E-state index < -0.39 is 0 Å². The first-order valence-electron chi connectivity index (χ1n) is 7.95. The van der Waals surface area contributed by atoms with Gasteiger partial charge in [0.15, 0.2) is 0 Å². The molecule has 0 bridgehead atoms. The molecule has 0 fully saturated rings. The van der Waals surface area contributed by atoms with Crippen molar-refractivity contribution in [3.05, 3.63) is 65.2 Å². The van der Waals surface area contributed by atoms with Crippen LogP contribution in [0.15, 0.2) is 42.5 Å². The second-order valence-corrected chi connectivity index (χ2v) is 5.64. The summed E-state index contributed by atoms with van der Waals surface area (Å²) in [7, 11) is 0. The highest BCUT2D eigenvalue weighted by molar-refractivity contribution is 5.76. The molecule has 4 heteroatoms. The average molecular weight is 312 g/mol. The van der Waals surface area contributed by atoms with Crippen molar-refractivity contribution in [3.8, 4) is 0 Å². The minimum absolute atomic E-state index is 0.249. The number of hydrogen-bond donors (Lipinski definition) is 0. The number of ether oxygens (including phenoxy) is 1. The van der Waals surface area contributed by atoms with Crippen LogP contribution in [0.25, 0.3) is 11.0 Å². The fourth-order valence-electron chi connectivity index (χ4n) is 2.75. The summed E-state index contributed by atoms with van der Waals surface area (Å²) in [5, 5.41) is 0. The van der Waals surface area contributed by atoms with Crippen molar-refractivity contribution in [2.75, 3.05) is 13.2 Å². The Morgan fingerprint density at radius 1 is 1.09 bits per heavy atom. The van der Waals surface area contributed by atoms with E-state index in [1.807, 2.05) is 13.8 Å². The molecule has 0 aliphatic heterocycles. The predicted octanol–water partition coefficient (Wildman–Crippen LogP) is 4.11. The van der Waals surface area contributed by atoms with Crippen molar-refractivity contribution < 1.29 is 9.13 Å². The van der Waals surface area contributed by atoms with Crippen molar-refractivity contribution in [1.29, 1.82) is 0 Å². The Morgan fingerprint density at radius 3 is 2.57 bits per heavy atom. The fraction of sp³-hybridized carbons (Fsp3) is 0.316. The molecule has 1 heterocycles. The van der Waals surface area contributed by atoms with Gasteiger partial charge in [0.1, 0.15) is 11.6 Å². The molecule has 3 aromatic rings. The first-order valence-corrected chi connectivity index (χ1v) is 7.95. The van der Waals surface area contributed by atoms with Crippen LogP contribution in [0.2, 0.25) is 0 Å². The monoisotopic (exact) mass is 312 g/mol. The molecular formula is C19H21FN2O. The van der Waals surface area contributed by atoms with Gasteiger partial charge in [0.05, 0.1) is 17.6 Å². The van der Waals surface area contributed by atoms with Crippen LogP contribution in [0.3, 0.4) is 0 Å². The van der Waals surface area contributed by atoms with E-state index in [4.69, 9.17) is 4.74 Å². The Morgan fingerprint density at radius 2 is 1.83 bits per heavy atom. The lowest BCUT2D eigenvalue weighted by molar-refractivity contribution is 0.151. The number of imidazole rings is 1. The molecule has 0 saturated heterocycles. The predicted molar refractivity (Wildman–Crippen MR) is 90.2 cm³/mol. The summed E-state index contributed by atoms with van der Waals surface area (Å²) in [6.45, 7) is 6.21. The van der Waals surface area contributed by atoms with Gasteiger partial charge in [0, 0.05) is 19.2 Å². The zero-order valence-corrected chi connectivity index (χ0v) is 13.6. The fourth-order valence-corrected chi connectivity index (χ4v) is 2.75. The van der Waals surface area contributed by atoms with Gasteiger partial charge >= 0.3 is 0 Å². The maximum Gasteiger partial charge on any atom is 0.125 e. The average Bonchev–Trinajstić information content (AvgIpc) is 2.84. The molecule has 0 radical (unpaired) electrons. The number of nitrogens with zero attached hydrogens (tertiary/aromatic N) is 2. The van der Waals surface area contributed by atoms with Gasteiger partial charge in [0.2, 0.25) is 0 Å². The second kappa shape index (κ2) is 6.92. The highest BCUT2D eigenvalue weighted by Gasteiger charge is 2.08. The third-order valence-electron chi connectivity index (χ3n) is 4.00. The van der Waals surface area contributed by atoms with E-state index in [0.717, 1.165) is 37.5 Å². The van der Waals surface area contributed by atoms with Crippen LogP contribution in [0.1, 0.15) is 23.9 Å². The van der Waals surface area contributed by atoms with Crippen LogP contribution in [-0.4, -0.2) is 22.8 Å². The number of halogens is 1. The summed E-state index contributed by atoms with van der Waals surface area (Å²) in [6, 6.07) is 13.3. The Kier molecular flexibility index (Phi) is 4.72. The number of benzene rings is 2. The maximum atomic E-state index is 13.3. The molecule has 0 spiro atoms. The molecule has 1 aromatic heterocycles. The number of fused-ring (bicyclic) bond motifs is 1. The van der Waals surface area contributed by atoms with Crippen LogP contribution in [0.5, 0.6) is 0 Å². The lowest BCUT2D eigenvalue weighted by Crippen LogP contribution is -2.03. The van der Waals surface area contributed by atoms with Crippen LogP contribution in [-0.2, 0) is 17.7 Å². The van der Waals surface area contributed by atoms with Crippen LogP contribution in [0.4, 0.5) is 4.39 Å². The molecule has 0 atom stereocenters. The standard InChI is InChI=1S/C19H21FN2O/c1-3-23-11-10-15-4-6-16(7-5-15)13-22-14(2)21-18-12-17(20)8-9-19(18)22/h4-9,12H,3,10-11,13H2,1-2H3. The van der Waals surface area contributed by atoms with Gasteiger partial charge in [0.25, 0.3) is 0 Å². The Bertz CT molecular complexity index is 793.